The Morgan fingerprint density at radius 1 is 1.00 bits per heavy atom. The zero-order chi connectivity index (χ0) is 42.1. The summed E-state index contributed by atoms with van der Waals surface area (Å²) in [5, 5.41) is 24.6. The number of pyridine rings is 2. The Hall–Kier alpha value is -5.98. The second-order valence-corrected chi connectivity index (χ2v) is 15.3. The van der Waals surface area contributed by atoms with E-state index in [0.717, 1.165) is 101 Å². The van der Waals surface area contributed by atoms with E-state index >= 15 is 0 Å². The number of rotatable bonds is 8. The number of H-pyrrole nitrogens is 1. The lowest BCUT2D eigenvalue weighted by Crippen LogP contribution is -2.21. The van der Waals surface area contributed by atoms with Gasteiger partial charge in [-0.15, -0.1) is 5.10 Å². The molecule has 8 rings (SSSR count). The Balaban J connectivity index is 0.000000193. The number of nitrogens with zero attached hydrogens (tertiary/aromatic N) is 7. The third-order valence-electron chi connectivity index (χ3n) is 9.27. The normalized spacial score (nSPS) is 15.0. The van der Waals surface area contributed by atoms with Gasteiger partial charge in [-0.1, -0.05) is 25.0 Å². The summed E-state index contributed by atoms with van der Waals surface area (Å²) in [5.41, 5.74) is 13.5. The zero-order valence-corrected chi connectivity index (χ0v) is 35.4. The summed E-state index contributed by atoms with van der Waals surface area (Å²) in [6.45, 7) is 8.50. The monoisotopic (exact) mass is 837 g/mol. The molecule has 6 heterocycles. The maximum Gasteiger partial charge on any atom is 0.295 e. The molecule has 5 N–H and O–H groups in total. The Bertz CT molecular complexity index is 2470. The van der Waals surface area contributed by atoms with Crippen LogP contribution in [-0.2, 0) is 9.47 Å². The third kappa shape index (κ3) is 10.6. The largest absolute Gasteiger partial charge is 0.476 e. The van der Waals surface area contributed by atoms with E-state index in [1.807, 2.05) is 75.0 Å². The number of aliphatic imine (C=N–C) groups is 1. The summed E-state index contributed by atoms with van der Waals surface area (Å²) in [6, 6.07) is 13.8. The molecule has 1 atom stereocenters. The number of aromatic nitrogens is 7. The quantitative estimate of drug-likeness (QED) is 0.0840. The van der Waals surface area contributed by atoms with Gasteiger partial charge in [-0.3, -0.25) is 30.3 Å². The van der Waals surface area contributed by atoms with Crippen LogP contribution in [0.1, 0.15) is 95.9 Å². The van der Waals surface area contributed by atoms with E-state index in [1.54, 1.807) is 6.20 Å². The van der Waals surface area contributed by atoms with Gasteiger partial charge in [0.15, 0.2) is 11.4 Å². The smallest absolute Gasteiger partial charge is 0.295 e. The van der Waals surface area contributed by atoms with Gasteiger partial charge in [-0.05, 0) is 110 Å². The Labute approximate surface area is 349 Å². The summed E-state index contributed by atoms with van der Waals surface area (Å²) < 4.78 is 17.8. The van der Waals surface area contributed by atoms with E-state index in [4.69, 9.17) is 30.5 Å². The fraction of sp³-hybridized carbons (Fsp3) is 0.341. The van der Waals surface area contributed by atoms with Gasteiger partial charge >= 0.3 is 0 Å². The minimum absolute atomic E-state index is 0.0607. The van der Waals surface area contributed by atoms with Crippen molar-refractivity contribution in [3.05, 3.63) is 89.3 Å². The number of thioether (sulfide) groups is 1. The number of aromatic amines is 1. The predicted molar refractivity (Wildman–Crippen MR) is 231 cm³/mol. The van der Waals surface area contributed by atoms with Crippen LogP contribution in [0.4, 0.5) is 5.13 Å². The van der Waals surface area contributed by atoms with Crippen molar-refractivity contribution in [2.45, 2.75) is 71.9 Å². The van der Waals surface area contributed by atoms with E-state index < -0.39 is 5.91 Å². The molecule has 1 aliphatic heterocycles. The number of aryl methyl sites for hydroxylation is 2. The summed E-state index contributed by atoms with van der Waals surface area (Å²) in [5.74, 6) is -0.320. The lowest BCUT2D eigenvalue weighted by Gasteiger charge is -2.25. The Morgan fingerprint density at radius 2 is 1.75 bits per heavy atom. The van der Waals surface area contributed by atoms with E-state index in [0.29, 0.717) is 27.4 Å². The molecule has 1 saturated heterocycles. The van der Waals surface area contributed by atoms with Crippen LogP contribution in [0.25, 0.3) is 33.3 Å². The third-order valence-corrected chi connectivity index (χ3v) is 10.7. The number of methoxy groups -OCH3 is 2. The van der Waals surface area contributed by atoms with E-state index in [2.05, 4.69) is 41.5 Å². The highest BCUT2D eigenvalue weighted by atomic mass is 32.2. The molecule has 5 aromatic heterocycles. The van der Waals surface area contributed by atoms with Gasteiger partial charge in [0.1, 0.15) is 0 Å². The predicted octanol–water partition coefficient (Wildman–Crippen LogP) is 8.28. The number of hydrogen-bond donors (Lipinski definition) is 4. The molecular weight excluding hydrogens is 791 g/mol. The fourth-order valence-corrected chi connectivity index (χ4v) is 7.26. The SMILES string of the molecule is CC.COC(=N)SC(N)=NC(=O)c1cnc(C)cc1-c1ccc2[nH]ccc2c1.COc1nnc(NC(=O)c2cnc(C)cc2-c2cc(C3CC3)nn2C2CCCCO2)s1. The minimum atomic E-state index is -0.518. The highest BCUT2D eigenvalue weighted by Gasteiger charge is 2.31. The Kier molecular flexibility index (Phi) is 14.2. The molecule has 6 aromatic rings. The van der Waals surface area contributed by atoms with Crippen LogP contribution in [0.2, 0.25) is 0 Å². The number of nitrogens with two attached hydrogens (primary N) is 1. The molecule has 1 unspecified atom stereocenters. The molecule has 1 saturated carbocycles. The number of carbonyl (C=O) groups excluding carboxylic acids is 2. The highest BCUT2D eigenvalue weighted by molar-refractivity contribution is 8.26. The summed E-state index contributed by atoms with van der Waals surface area (Å²) in [6.07, 6.45) is 10.2. The molecule has 2 fully saturated rings. The first-order valence-electron chi connectivity index (χ1n) is 19.2. The number of carbonyl (C=O) groups is 2. The minimum Gasteiger partial charge on any atom is -0.476 e. The number of anilines is 1. The fourth-order valence-electron chi connectivity index (χ4n) is 6.30. The van der Waals surface area contributed by atoms with Crippen LogP contribution in [0, 0.1) is 19.3 Å². The summed E-state index contributed by atoms with van der Waals surface area (Å²) in [4.78, 5) is 41.3. The van der Waals surface area contributed by atoms with Crippen molar-refractivity contribution in [2.24, 2.45) is 10.7 Å². The van der Waals surface area contributed by atoms with Crippen LogP contribution >= 0.6 is 23.1 Å². The molecule has 0 bridgehead atoms. The molecular formula is C41H47N11O5S2. The van der Waals surface area contributed by atoms with E-state index in [1.165, 1.54) is 31.8 Å². The molecule has 2 aliphatic rings. The van der Waals surface area contributed by atoms with Crippen molar-refractivity contribution in [3.8, 4) is 27.6 Å². The number of fused-ring (bicyclic) bond motifs is 1. The number of amidine groups is 1. The van der Waals surface area contributed by atoms with Crippen LogP contribution < -0.4 is 15.8 Å². The second-order valence-electron chi connectivity index (χ2n) is 13.4. The van der Waals surface area contributed by atoms with Gasteiger partial charge in [0.05, 0.1) is 36.7 Å². The molecule has 0 radical (unpaired) electrons. The number of nitrogens with one attached hydrogen (secondary N) is 3. The van der Waals surface area contributed by atoms with Crippen molar-refractivity contribution in [3.63, 3.8) is 0 Å². The molecule has 18 heteroatoms. The first-order valence-corrected chi connectivity index (χ1v) is 20.8. The van der Waals surface area contributed by atoms with Crippen molar-refractivity contribution in [2.75, 3.05) is 26.1 Å². The molecule has 308 valence electrons. The zero-order valence-electron chi connectivity index (χ0n) is 33.7. The summed E-state index contributed by atoms with van der Waals surface area (Å²) >= 11 is 1.94. The molecule has 0 spiro atoms. The molecule has 1 aliphatic carbocycles. The van der Waals surface area contributed by atoms with Gasteiger partial charge < -0.3 is 24.9 Å². The van der Waals surface area contributed by atoms with Crippen LogP contribution in [0.15, 0.2) is 66.0 Å². The topological polar surface area (TPSA) is 221 Å². The van der Waals surface area contributed by atoms with Crippen LogP contribution in [-0.4, -0.2) is 78.0 Å². The standard InChI is InChI=1S/C21H24N6O3S.C18H17N5O2S.C2H6/c1-12-9-14(15(11-22-12)19(28)23-20-24-25-21(29-2)31-20)17-10-16(13-6-7-13)26-27(17)18-5-3-4-8-30-18;1-10-7-13(11-3-4-15-12(8-11)5-6-21-15)14(9-22-10)16(24)23-17(19)26-18(20)25-2;1-2/h9-11,13,18H,3-8H2,1-2H3,(H,23,24,28);3-9,20-21H,1-2H3,(H2,19,23,24);1-2H3. The average molecular weight is 838 g/mol. The number of hydrogen-bond acceptors (Lipinski definition) is 13. The van der Waals surface area contributed by atoms with Crippen LogP contribution in [0.5, 0.6) is 5.19 Å². The maximum absolute atomic E-state index is 13.1. The lowest BCUT2D eigenvalue weighted by molar-refractivity contribution is -0.0385. The van der Waals surface area contributed by atoms with E-state index in [-0.39, 0.29) is 22.5 Å². The second kappa shape index (κ2) is 19.6. The van der Waals surface area contributed by atoms with Gasteiger partial charge in [0, 0.05) is 65.3 Å². The molecule has 2 amide bonds. The summed E-state index contributed by atoms with van der Waals surface area (Å²) in [7, 11) is 2.86. The first-order chi connectivity index (χ1) is 28.6. The van der Waals surface area contributed by atoms with Crippen molar-refractivity contribution >= 4 is 61.3 Å². The van der Waals surface area contributed by atoms with Crippen molar-refractivity contribution in [1.82, 2.24) is 34.9 Å². The van der Waals surface area contributed by atoms with Gasteiger partial charge in [0.25, 0.3) is 22.2 Å². The molecule has 59 heavy (non-hydrogen) atoms. The molecule has 16 nitrogen and oxygen atoms in total. The van der Waals surface area contributed by atoms with Crippen molar-refractivity contribution in [1.29, 1.82) is 5.41 Å². The van der Waals surface area contributed by atoms with E-state index in [9.17, 15) is 9.59 Å². The number of ether oxygens (including phenoxy) is 3. The van der Waals surface area contributed by atoms with Crippen LogP contribution in [0.3, 0.4) is 0 Å². The Morgan fingerprint density at radius 3 is 2.42 bits per heavy atom. The number of benzene rings is 1. The highest BCUT2D eigenvalue weighted by Crippen LogP contribution is 2.42. The number of amides is 2. The van der Waals surface area contributed by atoms with Gasteiger partial charge in [0.2, 0.25) is 5.13 Å². The lowest BCUT2D eigenvalue weighted by atomic mass is 9.99. The molecule has 1 aromatic carbocycles. The first kappa shape index (κ1) is 42.6. The van der Waals surface area contributed by atoms with Gasteiger partial charge in [-0.25, -0.2) is 4.68 Å². The van der Waals surface area contributed by atoms with Gasteiger partial charge in [-0.2, -0.15) is 10.1 Å². The van der Waals surface area contributed by atoms with Crippen molar-refractivity contribution < 1.29 is 23.8 Å². The average Bonchev–Trinajstić information content (AvgIpc) is 3.59. The maximum atomic E-state index is 13.1.